The van der Waals surface area contributed by atoms with Crippen molar-refractivity contribution < 1.29 is 4.42 Å². The molecule has 0 fully saturated rings. The maximum atomic E-state index is 6.23. The highest BCUT2D eigenvalue weighted by atomic mass is 35.5. The van der Waals surface area contributed by atoms with Crippen molar-refractivity contribution in [3.8, 4) is 0 Å². The first-order valence-corrected chi connectivity index (χ1v) is 7.13. The molecule has 1 atom stereocenters. The molecule has 0 aliphatic heterocycles. The minimum Gasteiger partial charge on any atom is -0.467 e. The van der Waals surface area contributed by atoms with Gasteiger partial charge in [-0.05, 0) is 30.3 Å². The van der Waals surface area contributed by atoms with Crippen molar-refractivity contribution in [3.05, 3.63) is 70.6 Å². The van der Waals surface area contributed by atoms with Crippen LogP contribution in [0.25, 0.3) is 0 Å². The molecule has 0 radical (unpaired) electrons. The van der Waals surface area contributed by atoms with E-state index in [4.69, 9.17) is 27.6 Å². The normalized spacial score (nSPS) is 12.3. The Labute approximate surface area is 132 Å². The van der Waals surface area contributed by atoms with Gasteiger partial charge in [-0.1, -0.05) is 23.2 Å². The number of anilines is 1. The molecule has 21 heavy (non-hydrogen) atoms. The Morgan fingerprint density at radius 3 is 2.76 bits per heavy atom. The highest BCUT2D eigenvalue weighted by molar-refractivity contribution is 6.36. The lowest BCUT2D eigenvalue weighted by atomic mass is 10.2. The minimum absolute atomic E-state index is 0.237. The summed E-state index contributed by atoms with van der Waals surface area (Å²) in [6.45, 7) is 0. The summed E-state index contributed by atoms with van der Waals surface area (Å²) in [5.41, 5.74) is 0.769. The maximum absolute atomic E-state index is 6.23. The van der Waals surface area contributed by atoms with E-state index < -0.39 is 0 Å². The number of aryl methyl sites for hydroxylation is 1. The molecule has 0 aliphatic carbocycles. The summed E-state index contributed by atoms with van der Waals surface area (Å²) in [5.74, 6) is 1.59. The summed E-state index contributed by atoms with van der Waals surface area (Å²) in [6, 6.07) is 8.82. The van der Waals surface area contributed by atoms with Crippen molar-refractivity contribution in [3.63, 3.8) is 0 Å². The van der Waals surface area contributed by atoms with Gasteiger partial charge in [0.2, 0.25) is 0 Å². The molecule has 108 valence electrons. The van der Waals surface area contributed by atoms with E-state index in [1.807, 2.05) is 36.0 Å². The molecule has 3 rings (SSSR count). The molecular formula is C15H13Cl2N3O. The number of hydrogen-bond acceptors (Lipinski definition) is 3. The summed E-state index contributed by atoms with van der Waals surface area (Å²) in [4.78, 5) is 4.39. The minimum atomic E-state index is -0.237. The van der Waals surface area contributed by atoms with Crippen molar-refractivity contribution in [1.29, 1.82) is 0 Å². The van der Waals surface area contributed by atoms with E-state index in [9.17, 15) is 0 Å². The van der Waals surface area contributed by atoms with Crippen molar-refractivity contribution >= 4 is 28.9 Å². The lowest BCUT2D eigenvalue weighted by Crippen LogP contribution is -2.16. The average Bonchev–Trinajstić information content (AvgIpc) is 3.10. The Kier molecular flexibility index (Phi) is 3.90. The van der Waals surface area contributed by atoms with Crippen molar-refractivity contribution in [2.24, 2.45) is 7.05 Å². The molecular weight excluding hydrogens is 309 g/mol. The molecule has 1 unspecified atom stereocenters. The second kappa shape index (κ2) is 5.84. The molecule has 0 saturated heterocycles. The van der Waals surface area contributed by atoms with Gasteiger partial charge in [-0.15, -0.1) is 0 Å². The fourth-order valence-corrected chi connectivity index (χ4v) is 2.60. The van der Waals surface area contributed by atoms with Gasteiger partial charge in [-0.3, -0.25) is 0 Å². The number of furan rings is 1. The van der Waals surface area contributed by atoms with Crippen molar-refractivity contribution in [2.75, 3.05) is 5.32 Å². The SMILES string of the molecule is Cn1ccnc1C(Nc1ccc(Cl)cc1Cl)c1ccco1. The number of nitrogens with zero attached hydrogens (tertiary/aromatic N) is 2. The largest absolute Gasteiger partial charge is 0.467 e. The maximum Gasteiger partial charge on any atom is 0.143 e. The molecule has 2 heterocycles. The first kappa shape index (κ1) is 14.0. The van der Waals surface area contributed by atoms with E-state index in [1.54, 1.807) is 24.6 Å². The third-order valence-corrected chi connectivity index (χ3v) is 3.72. The molecule has 1 N–H and O–H groups in total. The van der Waals surface area contributed by atoms with Gasteiger partial charge in [-0.2, -0.15) is 0 Å². The Morgan fingerprint density at radius 2 is 2.14 bits per heavy atom. The van der Waals surface area contributed by atoms with Crippen LogP contribution < -0.4 is 5.32 Å². The Morgan fingerprint density at radius 1 is 1.29 bits per heavy atom. The Hall–Kier alpha value is -1.91. The second-order valence-corrected chi connectivity index (χ2v) is 5.46. The van der Waals surface area contributed by atoms with Crippen molar-refractivity contribution in [1.82, 2.24) is 9.55 Å². The Bertz CT molecular complexity index is 737. The first-order valence-electron chi connectivity index (χ1n) is 6.37. The van der Waals surface area contributed by atoms with Gasteiger partial charge in [0, 0.05) is 24.5 Å². The number of nitrogens with one attached hydrogen (secondary N) is 1. The smallest absolute Gasteiger partial charge is 0.143 e. The van der Waals surface area contributed by atoms with Crippen LogP contribution in [0.15, 0.2) is 53.4 Å². The lowest BCUT2D eigenvalue weighted by molar-refractivity contribution is 0.488. The highest BCUT2D eigenvalue weighted by Crippen LogP contribution is 2.31. The number of hydrogen-bond donors (Lipinski definition) is 1. The zero-order valence-electron chi connectivity index (χ0n) is 11.3. The molecule has 0 spiro atoms. The van der Waals surface area contributed by atoms with Crippen LogP contribution in [0.1, 0.15) is 17.6 Å². The van der Waals surface area contributed by atoms with Crippen LogP contribution in [-0.4, -0.2) is 9.55 Å². The monoisotopic (exact) mass is 321 g/mol. The summed E-state index contributed by atoms with van der Waals surface area (Å²) in [5, 5.41) is 4.50. The molecule has 2 aromatic heterocycles. The molecule has 4 nitrogen and oxygen atoms in total. The van der Waals surface area contributed by atoms with E-state index in [1.165, 1.54) is 0 Å². The fourth-order valence-electron chi connectivity index (χ4n) is 2.14. The van der Waals surface area contributed by atoms with Gasteiger partial charge in [-0.25, -0.2) is 4.98 Å². The van der Waals surface area contributed by atoms with Crippen LogP contribution in [0.2, 0.25) is 10.0 Å². The zero-order valence-corrected chi connectivity index (χ0v) is 12.8. The predicted molar refractivity (Wildman–Crippen MR) is 83.8 cm³/mol. The van der Waals surface area contributed by atoms with E-state index in [-0.39, 0.29) is 6.04 Å². The van der Waals surface area contributed by atoms with Gasteiger partial charge in [0.1, 0.15) is 17.6 Å². The number of imidazole rings is 1. The lowest BCUT2D eigenvalue weighted by Gasteiger charge is -2.18. The van der Waals surface area contributed by atoms with E-state index >= 15 is 0 Å². The fraction of sp³-hybridized carbons (Fsp3) is 0.133. The average molecular weight is 322 g/mol. The van der Waals surface area contributed by atoms with E-state index in [0.717, 1.165) is 17.3 Å². The summed E-state index contributed by atoms with van der Waals surface area (Å²) in [7, 11) is 1.93. The zero-order chi connectivity index (χ0) is 14.8. The van der Waals surface area contributed by atoms with Gasteiger partial charge < -0.3 is 14.3 Å². The summed E-state index contributed by atoms with van der Waals surface area (Å²) < 4.78 is 7.46. The van der Waals surface area contributed by atoms with Crippen molar-refractivity contribution in [2.45, 2.75) is 6.04 Å². The third-order valence-electron chi connectivity index (χ3n) is 3.18. The van der Waals surface area contributed by atoms with Crippen LogP contribution >= 0.6 is 23.2 Å². The number of halogens is 2. The molecule has 6 heteroatoms. The van der Waals surface area contributed by atoms with Crippen LogP contribution in [0, 0.1) is 0 Å². The number of rotatable bonds is 4. The summed E-state index contributed by atoms with van der Waals surface area (Å²) in [6.07, 6.45) is 5.27. The molecule has 0 amide bonds. The van der Waals surface area contributed by atoms with Crippen LogP contribution in [0.3, 0.4) is 0 Å². The third kappa shape index (κ3) is 2.91. The standard InChI is InChI=1S/C15H13Cl2N3O/c1-20-7-6-18-15(20)14(13-3-2-8-21-13)19-12-5-4-10(16)9-11(12)17/h2-9,14,19H,1H3. The Balaban J connectivity index is 1.99. The number of benzene rings is 1. The predicted octanol–water partition coefficient (Wildman–Crippen LogP) is 4.52. The molecule has 1 aromatic carbocycles. The van der Waals surface area contributed by atoms with E-state index in [0.29, 0.717) is 10.0 Å². The highest BCUT2D eigenvalue weighted by Gasteiger charge is 2.21. The molecule has 0 bridgehead atoms. The molecule has 0 saturated carbocycles. The van der Waals surface area contributed by atoms with Gasteiger partial charge in [0.25, 0.3) is 0 Å². The van der Waals surface area contributed by atoms with Crippen LogP contribution in [0.5, 0.6) is 0 Å². The van der Waals surface area contributed by atoms with Gasteiger partial charge >= 0.3 is 0 Å². The van der Waals surface area contributed by atoms with E-state index in [2.05, 4.69) is 10.3 Å². The van der Waals surface area contributed by atoms with Crippen LogP contribution in [0.4, 0.5) is 5.69 Å². The topological polar surface area (TPSA) is 43.0 Å². The molecule has 3 aromatic rings. The van der Waals surface area contributed by atoms with Gasteiger partial charge in [0.15, 0.2) is 0 Å². The quantitative estimate of drug-likeness (QED) is 0.768. The summed E-state index contributed by atoms with van der Waals surface area (Å²) >= 11 is 12.2. The van der Waals surface area contributed by atoms with Gasteiger partial charge in [0.05, 0.1) is 17.0 Å². The number of aromatic nitrogens is 2. The van der Waals surface area contributed by atoms with Crippen LogP contribution in [-0.2, 0) is 7.05 Å². The molecule has 0 aliphatic rings. The second-order valence-electron chi connectivity index (χ2n) is 4.61. The first-order chi connectivity index (χ1) is 10.1.